The molecule has 0 aliphatic heterocycles. The van der Waals surface area contributed by atoms with Gasteiger partial charge in [0, 0.05) is 6.08 Å². The van der Waals surface area contributed by atoms with Crippen LogP contribution in [0.3, 0.4) is 0 Å². The zero-order valence-corrected chi connectivity index (χ0v) is 5.05. The van der Waals surface area contributed by atoms with Crippen LogP contribution in [0.25, 0.3) is 0 Å². The third-order valence-electron chi connectivity index (χ3n) is 0.951. The second-order valence-corrected chi connectivity index (χ2v) is 1.69. The van der Waals surface area contributed by atoms with Crippen molar-refractivity contribution in [1.29, 1.82) is 5.26 Å². The van der Waals surface area contributed by atoms with Crippen LogP contribution in [0.2, 0.25) is 0 Å². The molecule has 0 bridgehead atoms. The predicted molar refractivity (Wildman–Crippen MR) is 31.1 cm³/mol. The highest BCUT2D eigenvalue weighted by Crippen LogP contribution is 1.96. The highest BCUT2D eigenvalue weighted by Gasteiger charge is 1.94. The minimum absolute atomic E-state index is 0.491. The molecular formula is C6H9NO. The molecule has 1 N–H and O–H groups in total. The quantitative estimate of drug-likeness (QED) is 0.509. The van der Waals surface area contributed by atoms with Crippen molar-refractivity contribution in [2.75, 3.05) is 0 Å². The fourth-order valence-corrected chi connectivity index (χ4v) is 0.222. The molecule has 2 heteroatoms. The fourth-order valence-electron chi connectivity index (χ4n) is 0.222. The van der Waals surface area contributed by atoms with Crippen molar-refractivity contribution >= 4 is 0 Å². The van der Waals surface area contributed by atoms with E-state index in [4.69, 9.17) is 10.4 Å². The van der Waals surface area contributed by atoms with Gasteiger partial charge < -0.3 is 5.11 Å². The molecule has 0 aromatic heterocycles. The summed E-state index contributed by atoms with van der Waals surface area (Å²) in [5.41, 5.74) is 0.701. The van der Waals surface area contributed by atoms with Crippen molar-refractivity contribution in [2.24, 2.45) is 0 Å². The molecule has 0 radical (unpaired) electrons. The van der Waals surface area contributed by atoms with Gasteiger partial charge in [-0.05, 0) is 19.4 Å². The van der Waals surface area contributed by atoms with Crippen LogP contribution in [0.15, 0.2) is 11.6 Å². The van der Waals surface area contributed by atoms with E-state index in [0.29, 0.717) is 5.57 Å². The minimum atomic E-state index is -0.491. The molecule has 0 saturated carbocycles. The molecule has 44 valence electrons. The summed E-state index contributed by atoms with van der Waals surface area (Å²) in [6.45, 7) is 3.34. The van der Waals surface area contributed by atoms with Crippen LogP contribution in [0.4, 0.5) is 0 Å². The molecular weight excluding hydrogens is 102 g/mol. The zero-order valence-electron chi connectivity index (χ0n) is 5.05. The highest BCUT2D eigenvalue weighted by molar-refractivity contribution is 5.13. The zero-order chi connectivity index (χ0) is 6.57. The lowest BCUT2D eigenvalue weighted by Crippen LogP contribution is -1.99. The van der Waals surface area contributed by atoms with E-state index in [1.807, 2.05) is 6.07 Å². The second kappa shape index (κ2) is 3.23. The number of hydrogen-bond acceptors (Lipinski definition) is 2. The average Bonchev–Trinajstić information content (AvgIpc) is 1.67. The molecule has 0 aromatic carbocycles. The number of allylic oxidation sites excluding steroid dienone is 1. The van der Waals surface area contributed by atoms with E-state index in [1.165, 1.54) is 6.08 Å². The summed E-state index contributed by atoms with van der Waals surface area (Å²) >= 11 is 0. The van der Waals surface area contributed by atoms with Crippen LogP contribution in [0, 0.1) is 11.3 Å². The Labute approximate surface area is 49.1 Å². The van der Waals surface area contributed by atoms with Crippen LogP contribution in [-0.4, -0.2) is 11.2 Å². The Kier molecular flexibility index (Phi) is 2.90. The van der Waals surface area contributed by atoms with Gasteiger partial charge in [-0.1, -0.05) is 0 Å². The first kappa shape index (κ1) is 7.19. The maximum absolute atomic E-state index is 8.73. The third kappa shape index (κ3) is 2.38. The third-order valence-corrected chi connectivity index (χ3v) is 0.951. The van der Waals surface area contributed by atoms with Gasteiger partial charge in [0.2, 0.25) is 0 Å². The maximum atomic E-state index is 8.73. The molecule has 1 atom stereocenters. The van der Waals surface area contributed by atoms with Crippen LogP contribution in [-0.2, 0) is 0 Å². The lowest BCUT2D eigenvalue weighted by molar-refractivity contribution is 0.231. The van der Waals surface area contributed by atoms with Crippen LogP contribution in [0.5, 0.6) is 0 Å². The lowest BCUT2D eigenvalue weighted by atomic mass is 10.2. The Morgan fingerprint density at radius 2 is 2.38 bits per heavy atom. The smallest absolute Gasteiger partial charge is 0.0912 e. The van der Waals surface area contributed by atoms with E-state index in [2.05, 4.69) is 0 Å². The number of rotatable bonds is 1. The number of aliphatic hydroxyl groups excluding tert-OH is 1. The summed E-state index contributed by atoms with van der Waals surface area (Å²) in [6, 6.07) is 1.83. The first-order valence-electron chi connectivity index (χ1n) is 2.43. The predicted octanol–water partition coefficient (Wildman–Crippen LogP) is 0.837. The van der Waals surface area contributed by atoms with Gasteiger partial charge in [0.1, 0.15) is 0 Å². The summed E-state index contributed by atoms with van der Waals surface area (Å²) in [5.74, 6) is 0. The molecule has 0 aliphatic rings. The van der Waals surface area contributed by atoms with Gasteiger partial charge in [0.05, 0.1) is 12.2 Å². The number of aliphatic hydroxyl groups is 1. The molecule has 0 unspecified atom stereocenters. The lowest BCUT2D eigenvalue weighted by Gasteiger charge is -1.98. The van der Waals surface area contributed by atoms with E-state index < -0.39 is 6.10 Å². The molecule has 0 rings (SSSR count). The van der Waals surface area contributed by atoms with Crippen molar-refractivity contribution in [2.45, 2.75) is 20.0 Å². The number of nitrogens with zero attached hydrogens (tertiary/aromatic N) is 1. The first-order chi connectivity index (χ1) is 3.68. The summed E-state index contributed by atoms with van der Waals surface area (Å²) in [6.07, 6.45) is 0.847. The summed E-state index contributed by atoms with van der Waals surface area (Å²) in [4.78, 5) is 0. The van der Waals surface area contributed by atoms with Gasteiger partial charge in [-0.25, -0.2) is 0 Å². The number of hydrogen-bond donors (Lipinski definition) is 1. The highest BCUT2D eigenvalue weighted by atomic mass is 16.3. The van der Waals surface area contributed by atoms with Crippen LogP contribution in [0.1, 0.15) is 13.8 Å². The molecule has 8 heavy (non-hydrogen) atoms. The molecule has 0 aliphatic carbocycles. The van der Waals surface area contributed by atoms with Crippen LogP contribution >= 0.6 is 0 Å². The Morgan fingerprint density at radius 3 is 2.50 bits per heavy atom. The van der Waals surface area contributed by atoms with Crippen molar-refractivity contribution in [3.8, 4) is 6.07 Å². The summed E-state index contributed by atoms with van der Waals surface area (Å²) in [5, 5.41) is 16.8. The van der Waals surface area contributed by atoms with Gasteiger partial charge >= 0.3 is 0 Å². The Bertz CT molecular complexity index is 130. The molecule has 0 aromatic rings. The fraction of sp³-hybridized carbons (Fsp3) is 0.500. The normalized spacial score (nSPS) is 15.0. The van der Waals surface area contributed by atoms with E-state index >= 15 is 0 Å². The van der Waals surface area contributed by atoms with Gasteiger partial charge in [-0.2, -0.15) is 5.26 Å². The topological polar surface area (TPSA) is 44.0 Å². The Balaban J connectivity index is 3.85. The van der Waals surface area contributed by atoms with E-state index in [-0.39, 0.29) is 0 Å². The maximum Gasteiger partial charge on any atom is 0.0912 e. The van der Waals surface area contributed by atoms with Crippen molar-refractivity contribution in [3.63, 3.8) is 0 Å². The van der Waals surface area contributed by atoms with E-state index in [9.17, 15) is 0 Å². The molecule has 0 spiro atoms. The van der Waals surface area contributed by atoms with Gasteiger partial charge in [-0.3, -0.25) is 0 Å². The Hall–Kier alpha value is -0.810. The second-order valence-electron chi connectivity index (χ2n) is 1.69. The molecule has 2 nitrogen and oxygen atoms in total. The number of nitriles is 1. The standard InChI is InChI=1S/C6H9NO/c1-5(3-4-7)6(2)8/h3,6,8H,1-2H3/b5-3+/t6-/m0/s1. The van der Waals surface area contributed by atoms with Crippen LogP contribution < -0.4 is 0 Å². The van der Waals surface area contributed by atoms with E-state index in [1.54, 1.807) is 13.8 Å². The Morgan fingerprint density at radius 1 is 1.88 bits per heavy atom. The van der Waals surface area contributed by atoms with Crippen molar-refractivity contribution in [3.05, 3.63) is 11.6 Å². The van der Waals surface area contributed by atoms with Crippen molar-refractivity contribution < 1.29 is 5.11 Å². The van der Waals surface area contributed by atoms with Crippen molar-refractivity contribution in [1.82, 2.24) is 0 Å². The molecule has 0 amide bonds. The average molecular weight is 111 g/mol. The van der Waals surface area contributed by atoms with E-state index in [0.717, 1.165) is 0 Å². The first-order valence-corrected chi connectivity index (χ1v) is 2.43. The monoisotopic (exact) mass is 111 g/mol. The summed E-state index contributed by atoms with van der Waals surface area (Å²) in [7, 11) is 0. The summed E-state index contributed by atoms with van der Waals surface area (Å²) < 4.78 is 0. The van der Waals surface area contributed by atoms with Gasteiger partial charge in [-0.15, -0.1) is 0 Å². The van der Waals surface area contributed by atoms with Gasteiger partial charge in [0.15, 0.2) is 0 Å². The molecule has 0 saturated heterocycles. The molecule has 0 heterocycles. The minimum Gasteiger partial charge on any atom is -0.389 e. The molecule has 0 fully saturated rings. The SMILES string of the molecule is C/C(=C\C#N)[C@H](C)O. The largest absolute Gasteiger partial charge is 0.389 e. The van der Waals surface area contributed by atoms with Gasteiger partial charge in [0.25, 0.3) is 0 Å².